The normalized spacial score (nSPS) is 14.2. The summed E-state index contributed by atoms with van der Waals surface area (Å²) in [7, 11) is 0. The monoisotopic (exact) mass is 273 g/mol. The zero-order chi connectivity index (χ0) is 13.7. The molecule has 1 aromatic carbocycles. The predicted octanol–water partition coefficient (Wildman–Crippen LogP) is 3.07. The summed E-state index contributed by atoms with van der Waals surface area (Å²) in [4.78, 5) is 11.1. The molecule has 0 saturated heterocycles. The van der Waals surface area contributed by atoms with E-state index in [2.05, 4.69) is 5.32 Å². The molecule has 0 aliphatic heterocycles. The van der Waals surface area contributed by atoms with Crippen molar-refractivity contribution < 1.29 is 14.3 Å². The molecule has 0 aliphatic carbocycles. The fourth-order valence-corrected chi connectivity index (χ4v) is 1.76. The number of halogens is 2. The van der Waals surface area contributed by atoms with Crippen molar-refractivity contribution in [3.8, 4) is 0 Å². The molecule has 0 unspecified atom stereocenters. The van der Waals surface area contributed by atoms with Crippen molar-refractivity contribution in [2.24, 2.45) is 5.92 Å². The topological polar surface area (TPSA) is 49.3 Å². The van der Waals surface area contributed by atoms with Crippen molar-refractivity contribution >= 4 is 17.6 Å². The highest BCUT2D eigenvalue weighted by Gasteiger charge is 2.22. The summed E-state index contributed by atoms with van der Waals surface area (Å²) in [5, 5.41) is 12.1. The molecule has 3 nitrogen and oxygen atoms in total. The molecule has 0 fully saturated rings. The third-order valence-corrected chi connectivity index (χ3v) is 3.30. The first-order chi connectivity index (χ1) is 8.45. The van der Waals surface area contributed by atoms with Gasteiger partial charge in [0.1, 0.15) is 11.9 Å². The van der Waals surface area contributed by atoms with Crippen molar-refractivity contribution in [1.29, 1.82) is 0 Å². The van der Waals surface area contributed by atoms with Gasteiger partial charge in [0.05, 0.1) is 5.02 Å². The first kappa shape index (κ1) is 14.9. The van der Waals surface area contributed by atoms with Gasteiger partial charge in [0, 0.05) is 6.54 Å². The third-order valence-electron chi connectivity index (χ3n) is 2.99. The van der Waals surface area contributed by atoms with Gasteiger partial charge < -0.3 is 10.4 Å². The van der Waals surface area contributed by atoms with Crippen LogP contribution in [0.4, 0.5) is 4.39 Å². The van der Waals surface area contributed by atoms with Crippen LogP contribution in [0.2, 0.25) is 5.02 Å². The van der Waals surface area contributed by atoms with Gasteiger partial charge in [-0.1, -0.05) is 37.9 Å². The molecule has 0 amide bonds. The van der Waals surface area contributed by atoms with E-state index in [0.717, 1.165) is 6.42 Å². The number of hydrogen-bond donors (Lipinski definition) is 2. The number of carboxylic acids is 1. The van der Waals surface area contributed by atoms with Crippen molar-refractivity contribution in [1.82, 2.24) is 5.32 Å². The number of carboxylic acid groups (broad SMARTS) is 1. The Morgan fingerprint density at radius 3 is 2.72 bits per heavy atom. The van der Waals surface area contributed by atoms with Gasteiger partial charge in [-0.05, 0) is 23.6 Å². The van der Waals surface area contributed by atoms with Crippen molar-refractivity contribution in [2.45, 2.75) is 32.9 Å². The lowest BCUT2D eigenvalue weighted by atomic mass is 9.99. The van der Waals surface area contributed by atoms with E-state index in [-0.39, 0.29) is 10.9 Å². The van der Waals surface area contributed by atoms with E-state index in [0.29, 0.717) is 12.1 Å². The molecule has 5 heteroatoms. The Hall–Kier alpha value is -1.13. The van der Waals surface area contributed by atoms with E-state index in [4.69, 9.17) is 16.7 Å². The van der Waals surface area contributed by atoms with Gasteiger partial charge in [0.15, 0.2) is 0 Å². The lowest BCUT2D eigenvalue weighted by molar-refractivity contribution is -0.140. The number of carbonyl (C=O) groups is 1. The van der Waals surface area contributed by atoms with Crippen LogP contribution in [0.15, 0.2) is 18.2 Å². The summed E-state index contributed by atoms with van der Waals surface area (Å²) in [6.07, 6.45) is 0.763. The second kappa shape index (κ2) is 6.71. The highest BCUT2D eigenvalue weighted by Crippen LogP contribution is 2.16. The summed E-state index contributed by atoms with van der Waals surface area (Å²) in [5.41, 5.74) is 0.673. The van der Waals surface area contributed by atoms with Crippen LogP contribution in [0.25, 0.3) is 0 Å². The van der Waals surface area contributed by atoms with Gasteiger partial charge >= 0.3 is 5.97 Å². The van der Waals surface area contributed by atoms with Crippen LogP contribution >= 0.6 is 11.6 Å². The Bertz CT molecular complexity index is 425. The van der Waals surface area contributed by atoms with Crippen molar-refractivity contribution in [2.75, 3.05) is 0 Å². The fraction of sp³-hybridized carbons (Fsp3) is 0.462. The zero-order valence-electron chi connectivity index (χ0n) is 10.4. The van der Waals surface area contributed by atoms with E-state index >= 15 is 0 Å². The SMILES string of the molecule is CC[C@H](C)[C@H](NCc1ccc(Cl)c(F)c1)C(=O)O. The van der Waals surface area contributed by atoms with E-state index < -0.39 is 17.8 Å². The average molecular weight is 274 g/mol. The van der Waals surface area contributed by atoms with Gasteiger partial charge in [-0.2, -0.15) is 0 Å². The minimum Gasteiger partial charge on any atom is -0.480 e. The molecule has 1 rings (SSSR count). The highest BCUT2D eigenvalue weighted by molar-refractivity contribution is 6.30. The summed E-state index contributed by atoms with van der Waals surface area (Å²) in [6, 6.07) is 3.82. The molecule has 0 aromatic heterocycles. The first-order valence-electron chi connectivity index (χ1n) is 5.85. The van der Waals surface area contributed by atoms with E-state index in [1.165, 1.54) is 12.1 Å². The van der Waals surface area contributed by atoms with E-state index in [1.54, 1.807) is 6.07 Å². The molecule has 0 spiro atoms. The van der Waals surface area contributed by atoms with Gasteiger partial charge in [-0.3, -0.25) is 4.79 Å². The van der Waals surface area contributed by atoms with Gasteiger partial charge in [-0.25, -0.2) is 4.39 Å². The van der Waals surface area contributed by atoms with Gasteiger partial charge in [0.25, 0.3) is 0 Å². The molecule has 2 atom stereocenters. The molecular formula is C13H17ClFNO2. The van der Waals surface area contributed by atoms with Crippen LogP contribution in [0, 0.1) is 11.7 Å². The maximum atomic E-state index is 13.2. The molecule has 0 radical (unpaired) electrons. The molecular weight excluding hydrogens is 257 g/mol. The van der Waals surface area contributed by atoms with Gasteiger partial charge in [-0.15, -0.1) is 0 Å². The smallest absolute Gasteiger partial charge is 0.320 e. The van der Waals surface area contributed by atoms with Crippen LogP contribution in [0.5, 0.6) is 0 Å². The number of benzene rings is 1. The number of rotatable bonds is 6. The van der Waals surface area contributed by atoms with Crippen LogP contribution in [0.1, 0.15) is 25.8 Å². The highest BCUT2D eigenvalue weighted by atomic mass is 35.5. The predicted molar refractivity (Wildman–Crippen MR) is 69.1 cm³/mol. The maximum Gasteiger partial charge on any atom is 0.320 e. The van der Waals surface area contributed by atoms with Crippen molar-refractivity contribution in [3.05, 3.63) is 34.6 Å². The number of hydrogen-bond acceptors (Lipinski definition) is 2. The van der Waals surface area contributed by atoms with Crippen LogP contribution in [-0.2, 0) is 11.3 Å². The zero-order valence-corrected chi connectivity index (χ0v) is 11.2. The number of nitrogens with one attached hydrogen (secondary N) is 1. The molecule has 18 heavy (non-hydrogen) atoms. The molecule has 0 heterocycles. The molecule has 1 aromatic rings. The maximum absolute atomic E-state index is 13.2. The molecule has 0 bridgehead atoms. The summed E-state index contributed by atoms with van der Waals surface area (Å²) >= 11 is 5.58. The van der Waals surface area contributed by atoms with Crippen LogP contribution < -0.4 is 5.32 Å². The van der Waals surface area contributed by atoms with Crippen molar-refractivity contribution in [3.63, 3.8) is 0 Å². The number of aliphatic carboxylic acids is 1. The van der Waals surface area contributed by atoms with Crippen LogP contribution in [0.3, 0.4) is 0 Å². The van der Waals surface area contributed by atoms with E-state index in [1.807, 2.05) is 13.8 Å². The Morgan fingerprint density at radius 2 is 2.22 bits per heavy atom. The molecule has 2 N–H and O–H groups in total. The Kier molecular flexibility index (Phi) is 5.56. The molecule has 0 saturated carbocycles. The Morgan fingerprint density at radius 1 is 1.56 bits per heavy atom. The Balaban J connectivity index is 2.67. The third kappa shape index (κ3) is 3.96. The fourth-order valence-electron chi connectivity index (χ4n) is 1.64. The Labute approximate surface area is 111 Å². The second-order valence-corrected chi connectivity index (χ2v) is 4.74. The standard InChI is InChI=1S/C13H17ClFNO2/c1-3-8(2)12(13(17)18)16-7-9-4-5-10(14)11(15)6-9/h4-6,8,12,16H,3,7H2,1-2H3,(H,17,18)/t8-,12-/m0/s1. The quantitative estimate of drug-likeness (QED) is 0.837. The lowest BCUT2D eigenvalue weighted by Crippen LogP contribution is -2.41. The molecule has 0 aliphatic rings. The van der Waals surface area contributed by atoms with E-state index in [9.17, 15) is 9.18 Å². The summed E-state index contributed by atoms with van der Waals surface area (Å²) in [5.74, 6) is -1.37. The minimum absolute atomic E-state index is 0.0136. The summed E-state index contributed by atoms with van der Waals surface area (Å²) < 4.78 is 13.2. The van der Waals surface area contributed by atoms with Crippen LogP contribution in [-0.4, -0.2) is 17.1 Å². The average Bonchev–Trinajstić information content (AvgIpc) is 2.33. The summed E-state index contributed by atoms with van der Waals surface area (Å²) in [6.45, 7) is 4.11. The molecule has 100 valence electrons. The largest absolute Gasteiger partial charge is 0.480 e. The second-order valence-electron chi connectivity index (χ2n) is 4.33. The minimum atomic E-state index is -0.890. The first-order valence-corrected chi connectivity index (χ1v) is 6.23. The lowest BCUT2D eigenvalue weighted by Gasteiger charge is -2.20. The van der Waals surface area contributed by atoms with Gasteiger partial charge in [0.2, 0.25) is 0 Å².